The Morgan fingerprint density at radius 1 is 0.842 bits per heavy atom. The van der Waals surface area contributed by atoms with Crippen LogP contribution in [0.15, 0.2) is 60.7 Å². The van der Waals surface area contributed by atoms with Crippen LogP contribution >= 0.6 is 0 Å². The Bertz CT molecular complexity index is 479. The first-order valence-electron chi connectivity index (χ1n) is 6.68. The third kappa shape index (κ3) is 3.66. The molecule has 0 aromatic heterocycles. The van der Waals surface area contributed by atoms with Crippen LogP contribution in [0.25, 0.3) is 0 Å². The van der Waals surface area contributed by atoms with Gasteiger partial charge in [-0.3, -0.25) is 0 Å². The molecule has 0 saturated carbocycles. The Morgan fingerprint density at radius 2 is 1.32 bits per heavy atom. The van der Waals surface area contributed by atoms with Crippen molar-refractivity contribution in [3.8, 4) is 0 Å². The van der Waals surface area contributed by atoms with Crippen molar-refractivity contribution in [2.45, 2.75) is 12.0 Å². The summed E-state index contributed by atoms with van der Waals surface area (Å²) in [5, 5.41) is 0. The molecule has 0 aliphatic rings. The van der Waals surface area contributed by atoms with Gasteiger partial charge in [0.25, 0.3) is 0 Å². The molecular formula is C17H22N2. The summed E-state index contributed by atoms with van der Waals surface area (Å²) >= 11 is 0. The third-order valence-corrected chi connectivity index (χ3v) is 3.41. The van der Waals surface area contributed by atoms with Crippen molar-refractivity contribution in [2.24, 2.45) is 5.73 Å². The molecule has 19 heavy (non-hydrogen) atoms. The number of benzene rings is 2. The molecule has 0 aliphatic carbocycles. The maximum atomic E-state index is 6.49. The highest BCUT2D eigenvalue weighted by atomic mass is 15.1. The summed E-state index contributed by atoms with van der Waals surface area (Å²) in [6.07, 6.45) is 0. The van der Waals surface area contributed by atoms with Gasteiger partial charge in [-0.1, -0.05) is 60.7 Å². The quantitative estimate of drug-likeness (QED) is 0.888. The minimum atomic E-state index is 0.0194. The highest BCUT2D eigenvalue weighted by Crippen LogP contribution is 2.29. The average Bonchev–Trinajstić information content (AvgIpc) is 2.46. The van der Waals surface area contributed by atoms with Gasteiger partial charge in [-0.25, -0.2) is 0 Å². The number of nitrogens with two attached hydrogens (primary N) is 1. The molecule has 2 N–H and O–H groups in total. The Balaban J connectivity index is 2.28. The molecule has 0 bridgehead atoms. The van der Waals surface area contributed by atoms with Crippen LogP contribution in [-0.4, -0.2) is 25.5 Å². The maximum Gasteiger partial charge on any atom is 0.0376 e. The van der Waals surface area contributed by atoms with Crippen LogP contribution in [0.5, 0.6) is 0 Å². The monoisotopic (exact) mass is 254 g/mol. The van der Waals surface area contributed by atoms with E-state index in [-0.39, 0.29) is 6.04 Å². The number of hydrogen-bond acceptors (Lipinski definition) is 2. The highest BCUT2D eigenvalue weighted by Gasteiger charge is 2.21. The molecule has 2 nitrogen and oxygen atoms in total. The first kappa shape index (κ1) is 13.8. The summed E-state index contributed by atoms with van der Waals surface area (Å²) < 4.78 is 0. The standard InChI is InChI=1S/C17H22N2/c1-19(2)13-16(14-9-5-3-6-10-14)17(18)15-11-7-4-8-12-15/h3-12,16-17H,13,18H2,1-2H3. The summed E-state index contributed by atoms with van der Waals surface area (Å²) in [5.74, 6) is 0.304. The molecule has 0 heterocycles. The van der Waals surface area contributed by atoms with Gasteiger partial charge in [-0.05, 0) is 25.2 Å². The molecule has 2 rings (SSSR count). The van der Waals surface area contributed by atoms with Crippen molar-refractivity contribution in [3.05, 3.63) is 71.8 Å². The number of hydrogen-bond donors (Lipinski definition) is 1. The molecule has 2 unspecified atom stereocenters. The van der Waals surface area contributed by atoms with Gasteiger partial charge in [0.05, 0.1) is 0 Å². The van der Waals surface area contributed by atoms with Crippen molar-refractivity contribution < 1.29 is 0 Å². The zero-order valence-electron chi connectivity index (χ0n) is 11.7. The normalized spacial score (nSPS) is 14.3. The summed E-state index contributed by atoms with van der Waals surface area (Å²) in [6.45, 7) is 0.945. The lowest BCUT2D eigenvalue weighted by atomic mass is 9.87. The molecule has 0 amide bonds. The van der Waals surface area contributed by atoms with Crippen LogP contribution in [-0.2, 0) is 0 Å². The molecule has 0 aliphatic heterocycles. The van der Waals surface area contributed by atoms with Gasteiger partial charge >= 0.3 is 0 Å². The first-order valence-corrected chi connectivity index (χ1v) is 6.68. The maximum absolute atomic E-state index is 6.49. The van der Waals surface area contributed by atoms with Crippen molar-refractivity contribution in [2.75, 3.05) is 20.6 Å². The van der Waals surface area contributed by atoms with Gasteiger partial charge in [-0.2, -0.15) is 0 Å². The van der Waals surface area contributed by atoms with E-state index in [0.29, 0.717) is 5.92 Å². The predicted octanol–water partition coefficient (Wildman–Crippen LogP) is 3.03. The zero-order valence-corrected chi connectivity index (χ0v) is 11.7. The van der Waals surface area contributed by atoms with Crippen molar-refractivity contribution >= 4 is 0 Å². The van der Waals surface area contributed by atoms with Gasteiger partial charge in [-0.15, -0.1) is 0 Å². The molecule has 0 spiro atoms. The van der Waals surface area contributed by atoms with E-state index in [9.17, 15) is 0 Å². The van der Waals surface area contributed by atoms with Gasteiger partial charge in [0.1, 0.15) is 0 Å². The molecule has 0 saturated heterocycles. The Labute approximate surface area is 115 Å². The number of likely N-dealkylation sites (N-methyl/N-ethyl adjacent to an activating group) is 1. The fraction of sp³-hybridized carbons (Fsp3) is 0.294. The fourth-order valence-corrected chi connectivity index (χ4v) is 2.43. The van der Waals surface area contributed by atoms with E-state index in [2.05, 4.69) is 55.4 Å². The van der Waals surface area contributed by atoms with E-state index in [1.807, 2.05) is 24.3 Å². The average molecular weight is 254 g/mol. The SMILES string of the molecule is CN(C)CC(c1ccccc1)C(N)c1ccccc1. The van der Waals surface area contributed by atoms with E-state index < -0.39 is 0 Å². The minimum Gasteiger partial charge on any atom is -0.323 e. The van der Waals surface area contributed by atoms with Crippen LogP contribution in [0, 0.1) is 0 Å². The fourth-order valence-electron chi connectivity index (χ4n) is 2.43. The molecule has 2 aromatic rings. The van der Waals surface area contributed by atoms with E-state index in [1.54, 1.807) is 0 Å². The Hall–Kier alpha value is -1.64. The second kappa shape index (κ2) is 6.50. The van der Waals surface area contributed by atoms with E-state index >= 15 is 0 Å². The molecule has 0 fully saturated rings. The topological polar surface area (TPSA) is 29.3 Å². The molecule has 0 radical (unpaired) electrons. The van der Waals surface area contributed by atoms with Crippen molar-refractivity contribution in [1.82, 2.24) is 4.90 Å². The van der Waals surface area contributed by atoms with E-state index in [0.717, 1.165) is 6.54 Å². The summed E-state index contributed by atoms with van der Waals surface area (Å²) in [7, 11) is 4.18. The smallest absolute Gasteiger partial charge is 0.0376 e. The van der Waals surface area contributed by atoms with Crippen LogP contribution in [0.4, 0.5) is 0 Å². The Morgan fingerprint density at radius 3 is 1.79 bits per heavy atom. The van der Waals surface area contributed by atoms with Gasteiger partial charge in [0.15, 0.2) is 0 Å². The van der Waals surface area contributed by atoms with Crippen molar-refractivity contribution in [1.29, 1.82) is 0 Å². The molecular weight excluding hydrogens is 232 g/mol. The second-order valence-corrected chi connectivity index (χ2v) is 5.22. The van der Waals surface area contributed by atoms with Gasteiger partial charge in [0.2, 0.25) is 0 Å². The van der Waals surface area contributed by atoms with Crippen LogP contribution in [0.3, 0.4) is 0 Å². The zero-order chi connectivity index (χ0) is 13.7. The molecule has 2 aromatic carbocycles. The van der Waals surface area contributed by atoms with E-state index in [4.69, 9.17) is 5.73 Å². The third-order valence-electron chi connectivity index (χ3n) is 3.41. The van der Waals surface area contributed by atoms with E-state index in [1.165, 1.54) is 11.1 Å². The summed E-state index contributed by atoms with van der Waals surface area (Å²) in [6, 6.07) is 20.9. The predicted molar refractivity (Wildman–Crippen MR) is 81.1 cm³/mol. The van der Waals surface area contributed by atoms with Gasteiger partial charge < -0.3 is 10.6 Å². The second-order valence-electron chi connectivity index (χ2n) is 5.22. The number of rotatable bonds is 5. The molecule has 2 atom stereocenters. The molecule has 2 heteroatoms. The van der Waals surface area contributed by atoms with Crippen molar-refractivity contribution in [3.63, 3.8) is 0 Å². The first-order chi connectivity index (χ1) is 9.18. The lowest BCUT2D eigenvalue weighted by Crippen LogP contribution is -2.29. The lowest BCUT2D eigenvalue weighted by Gasteiger charge is -2.27. The minimum absolute atomic E-state index is 0.0194. The van der Waals surface area contributed by atoms with Gasteiger partial charge in [0, 0.05) is 18.5 Å². The largest absolute Gasteiger partial charge is 0.323 e. The van der Waals surface area contributed by atoms with Crippen LogP contribution in [0.1, 0.15) is 23.1 Å². The molecule has 100 valence electrons. The Kier molecular flexibility index (Phi) is 4.72. The summed E-state index contributed by atoms with van der Waals surface area (Å²) in [5.41, 5.74) is 8.98. The summed E-state index contributed by atoms with van der Waals surface area (Å²) in [4.78, 5) is 2.19. The number of nitrogens with zero attached hydrogens (tertiary/aromatic N) is 1. The van der Waals surface area contributed by atoms with Crippen LogP contribution in [0.2, 0.25) is 0 Å². The van der Waals surface area contributed by atoms with Crippen LogP contribution < -0.4 is 5.73 Å². The highest BCUT2D eigenvalue weighted by molar-refractivity contribution is 5.28. The lowest BCUT2D eigenvalue weighted by molar-refractivity contribution is 0.347.